The van der Waals surface area contributed by atoms with Crippen molar-refractivity contribution in [2.45, 2.75) is 38.8 Å². The van der Waals surface area contributed by atoms with Gasteiger partial charge >= 0.3 is 6.18 Å². The standard InChI is InChI=1S/C22H23F3N2O2/c1-3-13-9-14(4-2)11-15(10-13)16-12-26-20(28)19(16)21(29)27-18-8-6-5-7-17(18)22(23,24)25/h5-11,16,19H,3-4,12H2,1-2H3,(H,26,28)(H,27,29)/t16-,19-/m1/s1. The molecule has 0 spiro atoms. The molecule has 1 fully saturated rings. The second kappa shape index (κ2) is 8.27. The molecular weight excluding hydrogens is 381 g/mol. The number of alkyl halides is 3. The number of carbonyl (C=O) groups is 2. The smallest absolute Gasteiger partial charge is 0.355 e. The maximum Gasteiger partial charge on any atom is 0.418 e. The molecule has 4 nitrogen and oxygen atoms in total. The molecule has 3 rings (SSSR count). The summed E-state index contributed by atoms with van der Waals surface area (Å²) >= 11 is 0. The van der Waals surface area contributed by atoms with Gasteiger partial charge in [0.05, 0.1) is 11.3 Å². The van der Waals surface area contributed by atoms with Crippen LogP contribution in [0.1, 0.15) is 42.0 Å². The Kier molecular flexibility index (Phi) is 5.96. The molecule has 1 saturated heterocycles. The number of amides is 2. The molecule has 0 saturated carbocycles. The number of benzene rings is 2. The van der Waals surface area contributed by atoms with E-state index in [9.17, 15) is 22.8 Å². The lowest BCUT2D eigenvalue weighted by Crippen LogP contribution is -2.32. The Hall–Kier alpha value is -2.83. The van der Waals surface area contributed by atoms with Gasteiger partial charge in [-0.2, -0.15) is 13.2 Å². The van der Waals surface area contributed by atoms with Crippen molar-refractivity contribution in [1.82, 2.24) is 5.32 Å². The van der Waals surface area contributed by atoms with Gasteiger partial charge in [0, 0.05) is 12.5 Å². The van der Waals surface area contributed by atoms with Crippen LogP contribution in [0.25, 0.3) is 0 Å². The molecule has 2 amide bonds. The molecule has 0 radical (unpaired) electrons. The number of para-hydroxylation sites is 1. The van der Waals surface area contributed by atoms with Gasteiger partial charge in [0.2, 0.25) is 11.8 Å². The molecule has 1 aliphatic heterocycles. The van der Waals surface area contributed by atoms with Crippen molar-refractivity contribution in [2.24, 2.45) is 5.92 Å². The monoisotopic (exact) mass is 404 g/mol. The predicted octanol–water partition coefficient (Wildman–Crippen LogP) is 4.30. The highest BCUT2D eigenvalue weighted by atomic mass is 19.4. The Labute approximate surface area is 167 Å². The Bertz CT molecular complexity index is 902. The molecule has 7 heteroatoms. The summed E-state index contributed by atoms with van der Waals surface area (Å²) < 4.78 is 39.7. The van der Waals surface area contributed by atoms with E-state index in [4.69, 9.17) is 0 Å². The number of carbonyl (C=O) groups excluding carboxylic acids is 2. The SMILES string of the molecule is CCc1cc(CC)cc([C@H]2CNC(=O)[C@@H]2C(=O)Nc2ccccc2C(F)(F)F)c1. The van der Waals surface area contributed by atoms with Gasteiger partial charge in [-0.25, -0.2) is 0 Å². The summed E-state index contributed by atoms with van der Waals surface area (Å²) in [7, 11) is 0. The van der Waals surface area contributed by atoms with Crippen LogP contribution in [0.4, 0.5) is 18.9 Å². The summed E-state index contributed by atoms with van der Waals surface area (Å²) in [4.78, 5) is 25.2. The third-order valence-electron chi connectivity index (χ3n) is 5.27. The number of anilines is 1. The quantitative estimate of drug-likeness (QED) is 0.730. The van der Waals surface area contributed by atoms with Crippen LogP contribution in [0.15, 0.2) is 42.5 Å². The van der Waals surface area contributed by atoms with E-state index in [1.165, 1.54) is 18.2 Å². The number of hydrogen-bond acceptors (Lipinski definition) is 2. The molecule has 2 aromatic carbocycles. The van der Waals surface area contributed by atoms with Gasteiger partial charge in [-0.3, -0.25) is 9.59 Å². The summed E-state index contributed by atoms with van der Waals surface area (Å²) in [6.45, 7) is 4.32. The molecule has 29 heavy (non-hydrogen) atoms. The Morgan fingerprint density at radius 1 is 1.10 bits per heavy atom. The van der Waals surface area contributed by atoms with Crippen LogP contribution in [0.3, 0.4) is 0 Å². The zero-order chi connectivity index (χ0) is 21.2. The van der Waals surface area contributed by atoms with E-state index in [0.29, 0.717) is 0 Å². The van der Waals surface area contributed by atoms with E-state index in [-0.39, 0.29) is 12.2 Å². The van der Waals surface area contributed by atoms with Crippen LogP contribution in [0.5, 0.6) is 0 Å². The average molecular weight is 404 g/mol. The van der Waals surface area contributed by atoms with Crippen LogP contribution in [0.2, 0.25) is 0 Å². The van der Waals surface area contributed by atoms with Crippen molar-refractivity contribution < 1.29 is 22.8 Å². The lowest BCUT2D eigenvalue weighted by atomic mass is 9.85. The van der Waals surface area contributed by atoms with E-state index >= 15 is 0 Å². The number of nitrogens with one attached hydrogen (secondary N) is 2. The predicted molar refractivity (Wildman–Crippen MR) is 105 cm³/mol. The molecule has 2 aromatic rings. The minimum absolute atomic E-state index is 0.272. The van der Waals surface area contributed by atoms with Crippen LogP contribution < -0.4 is 10.6 Å². The van der Waals surface area contributed by atoms with Crippen molar-refractivity contribution in [3.63, 3.8) is 0 Å². The summed E-state index contributed by atoms with van der Waals surface area (Å²) in [6, 6.07) is 10.8. The fourth-order valence-corrected chi connectivity index (χ4v) is 3.70. The molecular formula is C22H23F3N2O2. The second-order valence-corrected chi connectivity index (χ2v) is 7.15. The molecule has 0 unspecified atom stereocenters. The topological polar surface area (TPSA) is 58.2 Å². The summed E-state index contributed by atoms with van der Waals surface area (Å²) in [5, 5.41) is 5.01. The summed E-state index contributed by atoms with van der Waals surface area (Å²) in [5.41, 5.74) is 1.76. The Morgan fingerprint density at radius 2 is 1.72 bits per heavy atom. The minimum atomic E-state index is -4.60. The lowest BCUT2D eigenvalue weighted by molar-refractivity contribution is -0.137. The minimum Gasteiger partial charge on any atom is -0.355 e. The van der Waals surface area contributed by atoms with Crippen molar-refractivity contribution in [3.05, 3.63) is 64.7 Å². The van der Waals surface area contributed by atoms with Gasteiger partial charge in [0.15, 0.2) is 0 Å². The fraction of sp³-hybridized carbons (Fsp3) is 0.364. The first-order chi connectivity index (χ1) is 13.7. The van der Waals surface area contributed by atoms with Crippen molar-refractivity contribution in [1.29, 1.82) is 0 Å². The second-order valence-electron chi connectivity index (χ2n) is 7.15. The van der Waals surface area contributed by atoms with Gasteiger partial charge in [-0.1, -0.05) is 44.2 Å². The number of aryl methyl sites for hydroxylation is 2. The first-order valence-electron chi connectivity index (χ1n) is 9.62. The normalized spacial score (nSPS) is 19.1. The summed E-state index contributed by atoms with van der Waals surface area (Å²) in [5.74, 6) is -2.73. The van der Waals surface area contributed by atoms with Crippen molar-refractivity contribution in [2.75, 3.05) is 11.9 Å². The van der Waals surface area contributed by atoms with E-state index in [2.05, 4.69) is 16.7 Å². The molecule has 1 heterocycles. The highest BCUT2D eigenvalue weighted by Gasteiger charge is 2.42. The van der Waals surface area contributed by atoms with Gasteiger partial charge in [0.1, 0.15) is 5.92 Å². The van der Waals surface area contributed by atoms with E-state index in [1.54, 1.807) is 0 Å². The van der Waals surface area contributed by atoms with Crippen molar-refractivity contribution >= 4 is 17.5 Å². The molecule has 0 aliphatic carbocycles. The molecule has 0 bridgehead atoms. The van der Waals surface area contributed by atoms with Crippen LogP contribution in [-0.2, 0) is 28.6 Å². The van der Waals surface area contributed by atoms with E-state index in [1.807, 2.05) is 26.0 Å². The Morgan fingerprint density at radius 3 is 2.31 bits per heavy atom. The largest absolute Gasteiger partial charge is 0.418 e. The molecule has 2 atom stereocenters. The maximum atomic E-state index is 13.2. The first kappa shape index (κ1) is 20.9. The third kappa shape index (κ3) is 4.44. The lowest BCUT2D eigenvalue weighted by Gasteiger charge is -2.20. The number of halogens is 3. The van der Waals surface area contributed by atoms with Crippen LogP contribution in [0, 0.1) is 5.92 Å². The van der Waals surface area contributed by atoms with Crippen LogP contribution in [-0.4, -0.2) is 18.4 Å². The van der Waals surface area contributed by atoms with Gasteiger partial charge < -0.3 is 10.6 Å². The zero-order valence-electron chi connectivity index (χ0n) is 16.3. The maximum absolute atomic E-state index is 13.2. The first-order valence-corrected chi connectivity index (χ1v) is 9.62. The highest BCUT2D eigenvalue weighted by Crippen LogP contribution is 2.36. The molecule has 0 aromatic heterocycles. The van der Waals surface area contributed by atoms with Gasteiger partial charge in [0.25, 0.3) is 0 Å². The number of rotatable bonds is 5. The van der Waals surface area contributed by atoms with E-state index < -0.39 is 35.4 Å². The highest BCUT2D eigenvalue weighted by molar-refractivity contribution is 6.08. The van der Waals surface area contributed by atoms with Crippen LogP contribution >= 0.6 is 0 Å². The fourth-order valence-electron chi connectivity index (χ4n) is 3.70. The third-order valence-corrected chi connectivity index (χ3v) is 5.27. The summed E-state index contributed by atoms with van der Waals surface area (Å²) in [6.07, 6.45) is -2.98. The van der Waals surface area contributed by atoms with Crippen molar-refractivity contribution in [3.8, 4) is 0 Å². The molecule has 154 valence electrons. The number of hydrogen-bond donors (Lipinski definition) is 2. The van der Waals surface area contributed by atoms with Gasteiger partial charge in [-0.05, 0) is 41.7 Å². The average Bonchev–Trinajstić information content (AvgIpc) is 3.08. The van der Waals surface area contributed by atoms with Gasteiger partial charge in [-0.15, -0.1) is 0 Å². The zero-order valence-corrected chi connectivity index (χ0v) is 16.3. The Balaban J connectivity index is 1.91. The molecule has 1 aliphatic rings. The van der Waals surface area contributed by atoms with E-state index in [0.717, 1.165) is 35.6 Å². The molecule has 2 N–H and O–H groups in total.